The van der Waals surface area contributed by atoms with Gasteiger partial charge in [-0.05, 0) is 48.6 Å². The van der Waals surface area contributed by atoms with E-state index in [1.807, 2.05) is 0 Å². The largest absolute Gasteiger partial charge is 0.465 e. The van der Waals surface area contributed by atoms with Crippen LogP contribution in [0, 0.1) is 0 Å². The maximum absolute atomic E-state index is 12.2. The summed E-state index contributed by atoms with van der Waals surface area (Å²) in [5.74, 6) is -0.737. The highest BCUT2D eigenvalue weighted by molar-refractivity contribution is 7.17. The van der Waals surface area contributed by atoms with Gasteiger partial charge in [0, 0.05) is 11.0 Å². The number of aryl methyl sites for hydroxylation is 1. The van der Waals surface area contributed by atoms with Crippen molar-refractivity contribution in [1.29, 1.82) is 0 Å². The molecule has 1 aliphatic rings. The second-order valence-electron chi connectivity index (χ2n) is 5.55. The van der Waals surface area contributed by atoms with Crippen LogP contribution in [0.25, 0.3) is 6.08 Å². The van der Waals surface area contributed by atoms with Crippen molar-refractivity contribution in [2.24, 2.45) is 0 Å². The van der Waals surface area contributed by atoms with Crippen LogP contribution in [0.1, 0.15) is 32.8 Å². The van der Waals surface area contributed by atoms with Crippen LogP contribution >= 0.6 is 34.5 Å². The van der Waals surface area contributed by atoms with Crippen LogP contribution in [0.5, 0.6) is 0 Å². The summed E-state index contributed by atoms with van der Waals surface area (Å²) in [4.78, 5) is 25.4. The highest BCUT2D eigenvalue weighted by Crippen LogP contribution is 2.39. The maximum Gasteiger partial charge on any atom is 0.341 e. The summed E-state index contributed by atoms with van der Waals surface area (Å²) in [7, 11) is 1.34. The SMILES string of the molecule is COC(=O)c1c(NC(=O)C=Cc2ccc(Cl)c(Cl)c2)sc2c1CCC2. The summed E-state index contributed by atoms with van der Waals surface area (Å²) in [5, 5.41) is 4.21. The number of fused-ring (bicyclic) bond motifs is 1. The number of hydrogen-bond acceptors (Lipinski definition) is 4. The number of rotatable bonds is 4. The Morgan fingerprint density at radius 3 is 2.76 bits per heavy atom. The molecule has 1 N–H and O–H groups in total. The van der Waals surface area contributed by atoms with Crippen LogP contribution in [0.3, 0.4) is 0 Å². The van der Waals surface area contributed by atoms with E-state index in [9.17, 15) is 9.59 Å². The van der Waals surface area contributed by atoms with Crippen molar-refractivity contribution in [1.82, 2.24) is 0 Å². The van der Waals surface area contributed by atoms with E-state index in [-0.39, 0.29) is 5.91 Å². The van der Waals surface area contributed by atoms with Gasteiger partial charge in [-0.15, -0.1) is 11.3 Å². The molecule has 0 fully saturated rings. The summed E-state index contributed by atoms with van der Waals surface area (Å²) in [6, 6.07) is 5.10. The summed E-state index contributed by atoms with van der Waals surface area (Å²) in [5.41, 5.74) is 2.24. The van der Waals surface area contributed by atoms with Crippen molar-refractivity contribution < 1.29 is 14.3 Å². The molecule has 0 unspecified atom stereocenters. The highest BCUT2D eigenvalue weighted by Gasteiger charge is 2.27. The number of carbonyl (C=O) groups is 2. The quantitative estimate of drug-likeness (QED) is 0.586. The van der Waals surface area contributed by atoms with Crippen LogP contribution in [0.2, 0.25) is 10.0 Å². The van der Waals surface area contributed by atoms with Crippen molar-refractivity contribution in [3.8, 4) is 0 Å². The molecule has 1 aliphatic carbocycles. The third-order valence-electron chi connectivity index (χ3n) is 3.92. The summed E-state index contributed by atoms with van der Waals surface area (Å²) in [6.45, 7) is 0. The van der Waals surface area contributed by atoms with Crippen molar-refractivity contribution in [3.05, 3.63) is 55.9 Å². The molecule has 130 valence electrons. The van der Waals surface area contributed by atoms with Gasteiger partial charge in [0.05, 0.1) is 22.7 Å². The van der Waals surface area contributed by atoms with E-state index in [4.69, 9.17) is 27.9 Å². The van der Waals surface area contributed by atoms with E-state index < -0.39 is 5.97 Å². The molecular weight excluding hydrogens is 381 g/mol. The zero-order valence-electron chi connectivity index (χ0n) is 13.4. The van der Waals surface area contributed by atoms with Crippen LogP contribution < -0.4 is 5.32 Å². The monoisotopic (exact) mass is 395 g/mol. The van der Waals surface area contributed by atoms with E-state index in [0.717, 1.165) is 35.3 Å². The molecule has 0 saturated carbocycles. The van der Waals surface area contributed by atoms with Gasteiger partial charge in [-0.2, -0.15) is 0 Å². The Morgan fingerprint density at radius 2 is 2.04 bits per heavy atom. The molecule has 0 spiro atoms. The molecule has 3 rings (SSSR count). The maximum atomic E-state index is 12.2. The number of methoxy groups -OCH3 is 1. The Bertz CT molecular complexity index is 873. The Balaban J connectivity index is 1.78. The molecule has 7 heteroatoms. The van der Waals surface area contributed by atoms with Gasteiger partial charge in [0.25, 0.3) is 0 Å². The van der Waals surface area contributed by atoms with Gasteiger partial charge in [-0.3, -0.25) is 4.79 Å². The smallest absolute Gasteiger partial charge is 0.341 e. The molecule has 4 nitrogen and oxygen atoms in total. The topological polar surface area (TPSA) is 55.4 Å². The van der Waals surface area contributed by atoms with E-state index in [2.05, 4.69) is 5.32 Å². The first-order chi connectivity index (χ1) is 12.0. The molecule has 25 heavy (non-hydrogen) atoms. The minimum Gasteiger partial charge on any atom is -0.465 e. The van der Waals surface area contributed by atoms with Gasteiger partial charge in [0.15, 0.2) is 0 Å². The standard InChI is InChI=1S/C18H15Cl2NO3S/c1-24-18(23)16-11-3-2-4-14(11)25-17(16)21-15(22)8-6-10-5-7-12(19)13(20)9-10/h5-9H,2-4H2,1H3,(H,21,22). The molecule has 1 aromatic carbocycles. The van der Waals surface area contributed by atoms with Crippen LogP contribution in [0.15, 0.2) is 24.3 Å². The Labute approximate surface area is 159 Å². The molecule has 0 atom stereocenters. The minimum absolute atomic E-state index is 0.323. The average Bonchev–Trinajstić information content (AvgIpc) is 3.16. The number of carbonyl (C=O) groups excluding carboxylic acids is 2. The van der Waals surface area contributed by atoms with Gasteiger partial charge in [-0.1, -0.05) is 29.3 Å². The molecule has 2 aromatic rings. The first-order valence-electron chi connectivity index (χ1n) is 7.66. The minimum atomic E-state index is -0.414. The third kappa shape index (κ3) is 3.89. The number of amides is 1. The zero-order chi connectivity index (χ0) is 18.0. The fourth-order valence-electron chi connectivity index (χ4n) is 2.75. The zero-order valence-corrected chi connectivity index (χ0v) is 15.7. The van der Waals surface area contributed by atoms with Crippen molar-refractivity contribution >= 4 is 57.5 Å². The summed E-state index contributed by atoms with van der Waals surface area (Å²) in [6.07, 6.45) is 5.82. The molecule has 0 bridgehead atoms. The van der Waals surface area contributed by atoms with Crippen molar-refractivity contribution in [2.45, 2.75) is 19.3 Å². The van der Waals surface area contributed by atoms with Gasteiger partial charge in [-0.25, -0.2) is 4.79 Å². The Kier molecular flexibility index (Phi) is 5.47. The number of esters is 1. The van der Waals surface area contributed by atoms with E-state index in [1.165, 1.54) is 24.5 Å². The molecule has 0 aliphatic heterocycles. The molecule has 1 heterocycles. The third-order valence-corrected chi connectivity index (χ3v) is 5.86. The predicted molar refractivity (Wildman–Crippen MR) is 102 cm³/mol. The van der Waals surface area contributed by atoms with E-state index >= 15 is 0 Å². The van der Waals surface area contributed by atoms with Crippen LogP contribution in [0.4, 0.5) is 5.00 Å². The Morgan fingerprint density at radius 1 is 1.24 bits per heavy atom. The number of benzene rings is 1. The number of halogens is 2. The van der Waals surface area contributed by atoms with E-state index in [0.29, 0.717) is 20.6 Å². The average molecular weight is 396 g/mol. The summed E-state index contributed by atoms with van der Waals surface area (Å²) < 4.78 is 4.87. The Hall–Kier alpha value is -1.82. The number of hydrogen-bond donors (Lipinski definition) is 1. The second-order valence-corrected chi connectivity index (χ2v) is 7.47. The van der Waals surface area contributed by atoms with Gasteiger partial charge in [0.1, 0.15) is 5.00 Å². The summed E-state index contributed by atoms with van der Waals surface area (Å²) >= 11 is 13.3. The van der Waals surface area contributed by atoms with Crippen molar-refractivity contribution in [2.75, 3.05) is 12.4 Å². The second kappa shape index (κ2) is 7.60. The lowest BCUT2D eigenvalue weighted by molar-refractivity contribution is -0.111. The van der Waals surface area contributed by atoms with Gasteiger partial charge in [0.2, 0.25) is 5.91 Å². The fraction of sp³-hybridized carbons (Fsp3) is 0.222. The number of anilines is 1. The molecule has 1 aromatic heterocycles. The number of nitrogens with one attached hydrogen (secondary N) is 1. The number of ether oxygens (including phenoxy) is 1. The van der Waals surface area contributed by atoms with E-state index in [1.54, 1.807) is 24.3 Å². The predicted octanol–water partition coefficient (Wildman–Crippen LogP) is 4.98. The molecule has 1 amide bonds. The molecular formula is C18H15Cl2NO3S. The van der Waals surface area contributed by atoms with Gasteiger partial charge < -0.3 is 10.1 Å². The lowest BCUT2D eigenvalue weighted by Crippen LogP contribution is -2.12. The van der Waals surface area contributed by atoms with Crippen molar-refractivity contribution in [3.63, 3.8) is 0 Å². The number of thiophene rings is 1. The first-order valence-corrected chi connectivity index (χ1v) is 9.24. The highest BCUT2D eigenvalue weighted by atomic mass is 35.5. The molecule has 0 radical (unpaired) electrons. The van der Waals surface area contributed by atoms with Crippen LogP contribution in [-0.2, 0) is 22.4 Å². The fourth-order valence-corrected chi connectivity index (χ4v) is 4.34. The molecule has 0 saturated heterocycles. The van der Waals surface area contributed by atoms with Gasteiger partial charge >= 0.3 is 5.97 Å². The van der Waals surface area contributed by atoms with Crippen LogP contribution in [-0.4, -0.2) is 19.0 Å². The normalized spacial score (nSPS) is 13.1. The first kappa shape index (κ1) is 18.0. The lowest BCUT2D eigenvalue weighted by atomic mass is 10.1. The lowest BCUT2D eigenvalue weighted by Gasteiger charge is -2.05.